The number of phenolic OH excluding ortho intramolecular Hbond substituents is 2. The number of amides is 1. The monoisotopic (exact) mass is 271 g/mol. The van der Waals surface area contributed by atoms with Crippen molar-refractivity contribution in [3.8, 4) is 11.5 Å². The molecule has 0 fully saturated rings. The summed E-state index contributed by atoms with van der Waals surface area (Å²) in [4.78, 5) is 12.0. The van der Waals surface area contributed by atoms with E-state index in [1.54, 1.807) is 31.2 Å². The van der Waals surface area contributed by atoms with Crippen molar-refractivity contribution < 1.29 is 15.0 Å². The van der Waals surface area contributed by atoms with E-state index in [4.69, 9.17) is 0 Å². The molecule has 0 unspecified atom stereocenters. The highest BCUT2D eigenvalue weighted by atomic mass is 16.3. The minimum atomic E-state index is -0.152. The highest BCUT2D eigenvalue weighted by molar-refractivity contribution is 5.95. The molecule has 0 aliphatic heterocycles. The molecule has 1 amide bonds. The van der Waals surface area contributed by atoms with Gasteiger partial charge in [-0.2, -0.15) is 0 Å². The van der Waals surface area contributed by atoms with Crippen molar-refractivity contribution in [3.05, 3.63) is 59.2 Å². The fourth-order valence-corrected chi connectivity index (χ4v) is 1.98. The van der Waals surface area contributed by atoms with Gasteiger partial charge in [0.2, 0.25) is 0 Å². The number of carbonyl (C=O) groups is 1. The van der Waals surface area contributed by atoms with E-state index in [9.17, 15) is 15.0 Å². The number of phenols is 2. The van der Waals surface area contributed by atoms with E-state index in [0.717, 1.165) is 11.1 Å². The second-order valence-corrected chi connectivity index (χ2v) is 4.67. The number of rotatable bonds is 4. The summed E-state index contributed by atoms with van der Waals surface area (Å²) >= 11 is 0. The summed E-state index contributed by atoms with van der Waals surface area (Å²) in [5, 5.41) is 21.3. The Kier molecular flexibility index (Phi) is 4.25. The zero-order valence-electron chi connectivity index (χ0n) is 11.3. The number of aryl methyl sites for hydroxylation is 1. The smallest absolute Gasteiger partial charge is 0.251 e. The fraction of sp³-hybridized carbons (Fsp3) is 0.188. The summed E-state index contributed by atoms with van der Waals surface area (Å²) in [6, 6.07) is 11.6. The Labute approximate surface area is 117 Å². The van der Waals surface area contributed by atoms with Gasteiger partial charge in [0.25, 0.3) is 5.91 Å². The molecule has 0 bridgehead atoms. The lowest BCUT2D eigenvalue weighted by molar-refractivity contribution is 0.0953. The Morgan fingerprint density at radius 2 is 1.70 bits per heavy atom. The van der Waals surface area contributed by atoms with Crippen LogP contribution in [0.25, 0.3) is 0 Å². The van der Waals surface area contributed by atoms with Crippen molar-refractivity contribution >= 4 is 5.91 Å². The van der Waals surface area contributed by atoms with Gasteiger partial charge in [0, 0.05) is 12.1 Å². The molecule has 0 aliphatic carbocycles. The van der Waals surface area contributed by atoms with Crippen LogP contribution in [0.15, 0.2) is 42.5 Å². The van der Waals surface area contributed by atoms with Crippen molar-refractivity contribution in [2.75, 3.05) is 6.54 Å². The van der Waals surface area contributed by atoms with Gasteiger partial charge in [-0.25, -0.2) is 0 Å². The first-order valence-corrected chi connectivity index (χ1v) is 6.42. The van der Waals surface area contributed by atoms with E-state index >= 15 is 0 Å². The van der Waals surface area contributed by atoms with Gasteiger partial charge in [-0.1, -0.05) is 12.1 Å². The molecule has 4 nitrogen and oxygen atoms in total. The first kappa shape index (κ1) is 13.9. The quantitative estimate of drug-likeness (QED) is 0.799. The molecular formula is C16H17NO3. The minimum Gasteiger partial charge on any atom is -0.508 e. The molecule has 0 heterocycles. The molecule has 0 radical (unpaired) electrons. The highest BCUT2D eigenvalue weighted by Crippen LogP contribution is 2.15. The Morgan fingerprint density at radius 1 is 1.05 bits per heavy atom. The van der Waals surface area contributed by atoms with Crippen LogP contribution in [0, 0.1) is 6.92 Å². The number of benzene rings is 2. The lowest BCUT2D eigenvalue weighted by atomic mass is 10.1. The van der Waals surface area contributed by atoms with E-state index in [1.165, 1.54) is 6.07 Å². The predicted octanol–water partition coefficient (Wildman–Crippen LogP) is 2.38. The molecule has 4 heteroatoms. The molecule has 3 N–H and O–H groups in total. The Hall–Kier alpha value is -2.49. The van der Waals surface area contributed by atoms with Crippen molar-refractivity contribution in [2.24, 2.45) is 0 Å². The third-order valence-electron chi connectivity index (χ3n) is 3.09. The second-order valence-electron chi connectivity index (χ2n) is 4.67. The van der Waals surface area contributed by atoms with Crippen molar-refractivity contribution in [3.63, 3.8) is 0 Å². The maximum absolute atomic E-state index is 12.0. The molecule has 20 heavy (non-hydrogen) atoms. The zero-order valence-corrected chi connectivity index (χ0v) is 11.3. The SMILES string of the molecule is Cc1cc(O)ccc1C(=O)NCCc1ccc(O)cc1. The average molecular weight is 271 g/mol. The lowest BCUT2D eigenvalue weighted by Gasteiger charge is -2.08. The molecule has 2 aromatic carbocycles. The van der Waals surface area contributed by atoms with E-state index < -0.39 is 0 Å². The summed E-state index contributed by atoms with van der Waals surface area (Å²) in [5.74, 6) is 0.238. The van der Waals surface area contributed by atoms with Gasteiger partial charge in [0.15, 0.2) is 0 Å². The van der Waals surface area contributed by atoms with Crippen LogP contribution in [0.2, 0.25) is 0 Å². The minimum absolute atomic E-state index is 0.152. The Bertz CT molecular complexity index is 606. The maximum atomic E-state index is 12.0. The summed E-state index contributed by atoms with van der Waals surface area (Å²) in [7, 11) is 0. The Balaban J connectivity index is 1.90. The molecule has 0 spiro atoms. The third-order valence-corrected chi connectivity index (χ3v) is 3.09. The normalized spacial score (nSPS) is 10.2. The number of nitrogens with one attached hydrogen (secondary N) is 1. The Morgan fingerprint density at radius 3 is 2.35 bits per heavy atom. The number of hydrogen-bond donors (Lipinski definition) is 3. The molecule has 2 aromatic rings. The number of aromatic hydroxyl groups is 2. The van der Waals surface area contributed by atoms with Crippen LogP contribution in [0.4, 0.5) is 0 Å². The van der Waals surface area contributed by atoms with E-state index in [0.29, 0.717) is 18.5 Å². The maximum Gasteiger partial charge on any atom is 0.251 e. The topological polar surface area (TPSA) is 69.6 Å². The first-order valence-electron chi connectivity index (χ1n) is 6.42. The van der Waals surface area contributed by atoms with Crippen molar-refractivity contribution in [1.82, 2.24) is 5.32 Å². The van der Waals surface area contributed by atoms with E-state index in [-0.39, 0.29) is 17.4 Å². The van der Waals surface area contributed by atoms with Crippen LogP contribution in [0.1, 0.15) is 21.5 Å². The van der Waals surface area contributed by atoms with Crippen LogP contribution < -0.4 is 5.32 Å². The van der Waals surface area contributed by atoms with E-state index in [1.807, 2.05) is 12.1 Å². The standard InChI is InChI=1S/C16H17NO3/c1-11-10-14(19)6-7-15(11)16(20)17-9-8-12-2-4-13(18)5-3-12/h2-7,10,18-19H,8-9H2,1H3,(H,17,20). The molecule has 0 aromatic heterocycles. The molecule has 104 valence electrons. The summed E-state index contributed by atoms with van der Waals surface area (Å²) in [6.07, 6.45) is 0.698. The summed E-state index contributed by atoms with van der Waals surface area (Å²) in [6.45, 7) is 2.30. The van der Waals surface area contributed by atoms with Gasteiger partial charge in [-0.05, 0) is 54.8 Å². The predicted molar refractivity (Wildman–Crippen MR) is 77.0 cm³/mol. The van der Waals surface area contributed by atoms with Gasteiger partial charge >= 0.3 is 0 Å². The van der Waals surface area contributed by atoms with Crippen LogP contribution in [0.3, 0.4) is 0 Å². The molecule has 2 rings (SSSR count). The average Bonchev–Trinajstić information content (AvgIpc) is 2.41. The van der Waals surface area contributed by atoms with E-state index in [2.05, 4.69) is 5.32 Å². The van der Waals surface area contributed by atoms with Crippen LogP contribution in [-0.4, -0.2) is 22.7 Å². The van der Waals surface area contributed by atoms with Crippen molar-refractivity contribution in [1.29, 1.82) is 0 Å². The molecule has 0 atom stereocenters. The largest absolute Gasteiger partial charge is 0.508 e. The van der Waals surface area contributed by atoms with Gasteiger partial charge in [0.1, 0.15) is 11.5 Å². The molecular weight excluding hydrogens is 254 g/mol. The fourth-order valence-electron chi connectivity index (χ4n) is 1.98. The van der Waals surface area contributed by atoms with Crippen LogP contribution in [0.5, 0.6) is 11.5 Å². The second kappa shape index (κ2) is 6.10. The zero-order chi connectivity index (χ0) is 14.5. The third kappa shape index (κ3) is 3.51. The van der Waals surface area contributed by atoms with Gasteiger partial charge in [-0.3, -0.25) is 4.79 Å². The van der Waals surface area contributed by atoms with Crippen LogP contribution in [-0.2, 0) is 6.42 Å². The summed E-state index contributed by atoms with van der Waals surface area (Å²) < 4.78 is 0. The molecule has 0 saturated carbocycles. The lowest BCUT2D eigenvalue weighted by Crippen LogP contribution is -2.26. The first-order chi connectivity index (χ1) is 9.56. The van der Waals surface area contributed by atoms with Gasteiger partial charge in [0.05, 0.1) is 0 Å². The molecule has 0 saturated heterocycles. The highest BCUT2D eigenvalue weighted by Gasteiger charge is 2.08. The number of hydrogen-bond acceptors (Lipinski definition) is 3. The van der Waals surface area contributed by atoms with Crippen molar-refractivity contribution in [2.45, 2.75) is 13.3 Å². The van der Waals surface area contributed by atoms with Crippen LogP contribution >= 0.6 is 0 Å². The molecule has 0 aliphatic rings. The summed E-state index contributed by atoms with van der Waals surface area (Å²) in [5.41, 5.74) is 2.35. The number of carbonyl (C=O) groups excluding carboxylic acids is 1. The van der Waals surface area contributed by atoms with Gasteiger partial charge < -0.3 is 15.5 Å². The van der Waals surface area contributed by atoms with Gasteiger partial charge in [-0.15, -0.1) is 0 Å².